The molecule has 0 bridgehead atoms. The Kier molecular flexibility index (Phi) is 2.12. The molecule has 1 N–H and O–H groups in total. The molecule has 0 saturated carbocycles. The summed E-state index contributed by atoms with van der Waals surface area (Å²) in [6, 6.07) is 2.37. The molecule has 0 unspecified atom stereocenters. The largest absolute Gasteiger partial charge is 0.463 e. The predicted molar refractivity (Wildman–Crippen MR) is 49.7 cm³/mol. The fourth-order valence-corrected chi connectivity index (χ4v) is 1.09. The van der Waals surface area contributed by atoms with Crippen molar-refractivity contribution in [3.63, 3.8) is 0 Å². The van der Waals surface area contributed by atoms with Gasteiger partial charge in [-0.25, -0.2) is 4.98 Å². The van der Waals surface area contributed by atoms with E-state index in [9.17, 15) is 0 Å². The molecule has 0 spiro atoms. The lowest BCUT2D eigenvalue weighted by Crippen LogP contribution is -1.99. The number of rotatable bonds is 3. The Balaban J connectivity index is 2.26. The maximum atomic E-state index is 5.29. The van der Waals surface area contributed by atoms with Crippen LogP contribution in [0.25, 0.3) is 11.0 Å². The van der Waals surface area contributed by atoms with E-state index in [1.54, 1.807) is 6.20 Å². The van der Waals surface area contributed by atoms with Crippen LogP contribution < -0.4 is 4.74 Å². The number of aromatic nitrogens is 3. The van der Waals surface area contributed by atoms with Gasteiger partial charge >= 0.3 is 6.01 Å². The van der Waals surface area contributed by atoms with Crippen LogP contribution in [0, 0.1) is 0 Å². The lowest BCUT2D eigenvalue weighted by atomic mass is 10.4. The number of ether oxygens (including phenoxy) is 1. The Morgan fingerprint density at radius 2 is 2.46 bits per heavy atom. The maximum Gasteiger partial charge on any atom is 0.318 e. The topological polar surface area (TPSA) is 50.8 Å². The van der Waals surface area contributed by atoms with Gasteiger partial charge in [-0.15, -0.1) is 0 Å². The third-order valence-electron chi connectivity index (χ3n) is 1.71. The summed E-state index contributed by atoms with van der Waals surface area (Å²) in [5.41, 5.74) is 0.820. The van der Waals surface area contributed by atoms with E-state index in [1.807, 2.05) is 19.2 Å². The van der Waals surface area contributed by atoms with Crippen LogP contribution in [0.5, 0.6) is 6.01 Å². The highest BCUT2D eigenvalue weighted by atomic mass is 16.5. The summed E-state index contributed by atoms with van der Waals surface area (Å²) >= 11 is 0. The third-order valence-corrected chi connectivity index (χ3v) is 1.71. The van der Waals surface area contributed by atoms with E-state index in [1.165, 1.54) is 0 Å². The summed E-state index contributed by atoms with van der Waals surface area (Å²) in [4.78, 5) is 11.3. The van der Waals surface area contributed by atoms with E-state index < -0.39 is 0 Å². The Labute approximate surface area is 76.0 Å². The first-order valence-corrected chi connectivity index (χ1v) is 4.33. The maximum absolute atomic E-state index is 5.29. The Hall–Kier alpha value is -1.58. The molecule has 0 atom stereocenters. The molecule has 2 heterocycles. The smallest absolute Gasteiger partial charge is 0.318 e. The zero-order chi connectivity index (χ0) is 9.10. The van der Waals surface area contributed by atoms with E-state index in [0.29, 0.717) is 12.6 Å². The minimum absolute atomic E-state index is 0.441. The van der Waals surface area contributed by atoms with Crippen LogP contribution in [0.1, 0.15) is 13.3 Å². The van der Waals surface area contributed by atoms with Crippen LogP contribution in [-0.4, -0.2) is 21.6 Å². The summed E-state index contributed by atoms with van der Waals surface area (Å²) in [6.07, 6.45) is 4.55. The minimum Gasteiger partial charge on any atom is -0.463 e. The van der Waals surface area contributed by atoms with Gasteiger partial charge in [0.25, 0.3) is 0 Å². The molecule has 0 saturated heterocycles. The molecule has 0 amide bonds. The molecule has 0 aliphatic carbocycles. The van der Waals surface area contributed by atoms with Gasteiger partial charge in [0.05, 0.1) is 6.61 Å². The molecule has 68 valence electrons. The average molecular weight is 177 g/mol. The molecule has 4 nitrogen and oxygen atoms in total. The van der Waals surface area contributed by atoms with Crippen LogP contribution in [0.4, 0.5) is 0 Å². The summed E-state index contributed by atoms with van der Waals surface area (Å²) in [5, 5.41) is 1.00. The minimum atomic E-state index is 0.441. The van der Waals surface area contributed by atoms with E-state index in [2.05, 4.69) is 15.0 Å². The van der Waals surface area contributed by atoms with Crippen LogP contribution in [0.3, 0.4) is 0 Å². The highest BCUT2D eigenvalue weighted by molar-refractivity contribution is 5.74. The van der Waals surface area contributed by atoms with Gasteiger partial charge in [-0.1, -0.05) is 6.92 Å². The van der Waals surface area contributed by atoms with Crippen LogP contribution in [0.2, 0.25) is 0 Å². The zero-order valence-electron chi connectivity index (χ0n) is 7.45. The number of fused-ring (bicyclic) bond motifs is 1. The summed E-state index contributed by atoms with van der Waals surface area (Å²) in [6.45, 7) is 2.71. The van der Waals surface area contributed by atoms with Crippen LogP contribution in [-0.2, 0) is 0 Å². The molecular formula is C9H11N3O. The van der Waals surface area contributed by atoms with Crippen molar-refractivity contribution in [2.24, 2.45) is 0 Å². The van der Waals surface area contributed by atoms with Crippen LogP contribution in [0.15, 0.2) is 18.5 Å². The SMILES string of the molecule is CCCOc1ncc2cc[nH]c2n1. The first-order valence-electron chi connectivity index (χ1n) is 4.33. The van der Waals surface area contributed by atoms with E-state index in [4.69, 9.17) is 4.74 Å². The van der Waals surface area contributed by atoms with E-state index in [0.717, 1.165) is 17.5 Å². The van der Waals surface area contributed by atoms with Crippen molar-refractivity contribution in [3.05, 3.63) is 18.5 Å². The van der Waals surface area contributed by atoms with Crippen molar-refractivity contribution in [1.82, 2.24) is 15.0 Å². The van der Waals surface area contributed by atoms with Gasteiger partial charge in [0.15, 0.2) is 0 Å². The Morgan fingerprint density at radius 3 is 3.31 bits per heavy atom. The lowest BCUT2D eigenvalue weighted by molar-refractivity contribution is 0.293. The molecule has 2 aromatic rings. The zero-order valence-corrected chi connectivity index (χ0v) is 7.45. The number of H-pyrrole nitrogens is 1. The van der Waals surface area contributed by atoms with Gasteiger partial charge < -0.3 is 9.72 Å². The van der Waals surface area contributed by atoms with Crippen molar-refractivity contribution < 1.29 is 4.74 Å². The van der Waals surface area contributed by atoms with Crippen LogP contribution >= 0.6 is 0 Å². The molecule has 0 aliphatic heterocycles. The lowest BCUT2D eigenvalue weighted by Gasteiger charge is -2.00. The van der Waals surface area contributed by atoms with Gasteiger partial charge in [-0.05, 0) is 12.5 Å². The van der Waals surface area contributed by atoms with Gasteiger partial charge in [0.1, 0.15) is 5.65 Å². The van der Waals surface area contributed by atoms with Crippen molar-refractivity contribution >= 4 is 11.0 Å². The second-order valence-corrected chi connectivity index (χ2v) is 2.78. The molecule has 13 heavy (non-hydrogen) atoms. The number of nitrogens with one attached hydrogen (secondary N) is 1. The number of aromatic amines is 1. The Morgan fingerprint density at radius 1 is 1.54 bits per heavy atom. The molecule has 0 radical (unpaired) electrons. The third kappa shape index (κ3) is 1.61. The van der Waals surface area contributed by atoms with Gasteiger partial charge in [-0.2, -0.15) is 4.98 Å². The monoisotopic (exact) mass is 177 g/mol. The number of nitrogens with zero attached hydrogens (tertiary/aromatic N) is 2. The molecule has 0 aromatic carbocycles. The summed E-state index contributed by atoms with van der Waals surface area (Å²) < 4.78 is 5.29. The fraction of sp³-hybridized carbons (Fsp3) is 0.333. The van der Waals surface area contributed by atoms with Gasteiger partial charge in [0, 0.05) is 17.8 Å². The highest BCUT2D eigenvalue weighted by Crippen LogP contribution is 2.11. The predicted octanol–water partition coefficient (Wildman–Crippen LogP) is 1.75. The molecule has 4 heteroatoms. The normalized spacial score (nSPS) is 10.5. The second-order valence-electron chi connectivity index (χ2n) is 2.78. The molecule has 0 aliphatic rings. The van der Waals surface area contributed by atoms with Gasteiger partial charge in [-0.3, -0.25) is 0 Å². The van der Waals surface area contributed by atoms with Crippen molar-refractivity contribution in [2.45, 2.75) is 13.3 Å². The summed E-state index contributed by atoms with van der Waals surface area (Å²) in [5.74, 6) is 0. The van der Waals surface area contributed by atoms with Crippen molar-refractivity contribution in [3.8, 4) is 6.01 Å². The van der Waals surface area contributed by atoms with E-state index >= 15 is 0 Å². The first kappa shape index (κ1) is 8.04. The quantitative estimate of drug-likeness (QED) is 0.777. The molecular weight excluding hydrogens is 166 g/mol. The van der Waals surface area contributed by atoms with E-state index in [-0.39, 0.29) is 0 Å². The molecule has 2 aromatic heterocycles. The van der Waals surface area contributed by atoms with Crippen molar-refractivity contribution in [2.75, 3.05) is 6.61 Å². The second kappa shape index (κ2) is 3.43. The Bertz CT molecular complexity index is 396. The standard InChI is InChI=1S/C9H11N3O/c1-2-5-13-9-11-6-7-3-4-10-8(7)12-9/h3-4,6H,2,5H2,1H3,(H,10,11,12). The first-order chi connectivity index (χ1) is 6.40. The van der Waals surface area contributed by atoms with Crippen molar-refractivity contribution in [1.29, 1.82) is 0 Å². The fourth-order valence-electron chi connectivity index (χ4n) is 1.09. The molecule has 0 fully saturated rings. The summed E-state index contributed by atoms with van der Waals surface area (Å²) in [7, 11) is 0. The van der Waals surface area contributed by atoms with Gasteiger partial charge in [0.2, 0.25) is 0 Å². The highest BCUT2D eigenvalue weighted by Gasteiger charge is 1.99. The average Bonchev–Trinajstić information content (AvgIpc) is 2.61. The number of hydrogen-bond acceptors (Lipinski definition) is 3. The number of hydrogen-bond donors (Lipinski definition) is 1. The molecule has 2 rings (SSSR count).